The molecule has 27 heavy (non-hydrogen) atoms. The maximum absolute atomic E-state index is 12.2. The number of aromatic nitrogens is 2. The second kappa shape index (κ2) is 7.86. The van der Waals surface area contributed by atoms with Gasteiger partial charge in [0.15, 0.2) is 0 Å². The highest BCUT2D eigenvalue weighted by atomic mass is 16.5. The molecule has 0 spiro atoms. The summed E-state index contributed by atoms with van der Waals surface area (Å²) in [5, 5.41) is 4.32. The van der Waals surface area contributed by atoms with E-state index in [0.29, 0.717) is 29.3 Å². The van der Waals surface area contributed by atoms with Gasteiger partial charge in [0.2, 0.25) is 5.91 Å². The van der Waals surface area contributed by atoms with Crippen LogP contribution in [0.15, 0.2) is 54.6 Å². The molecule has 0 N–H and O–H groups in total. The van der Waals surface area contributed by atoms with E-state index in [9.17, 15) is 9.59 Å². The lowest BCUT2D eigenvalue weighted by molar-refractivity contribution is 0.0601. The molecular weight excluding hydrogens is 344 g/mol. The first-order valence-electron chi connectivity index (χ1n) is 8.47. The first-order valence-corrected chi connectivity index (χ1v) is 8.47. The van der Waals surface area contributed by atoms with Crippen molar-refractivity contribution in [1.29, 1.82) is 0 Å². The van der Waals surface area contributed by atoms with Crippen LogP contribution >= 0.6 is 0 Å². The molecule has 138 valence electrons. The lowest BCUT2D eigenvalue weighted by atomic mass is 10.1. The van der Waals surface area contributed by atoms with Gasteiger partial charge in [0.05, 0.1) is 12.8 Å². The molecule has 0 radical (unpaired) electrons. The van der Waals surface area contributed by atoms with Crippen molar-refractivity contribution in [2.75, 3.05) is 7.11 Å². The normalized spacial score (nSPS) is 10.5. The maximum Gasteiger partial charge on any atom is 0.342 e. The molecule has 0 fully saturated rings. The van der Waals surface area contributed by atoms with Gasteiger partial charge in [0.1, 0.15) is 23.6 Å². The molecule has 0 amide bonds. The summed E-state index contributed by atoms with van der Waals surface area (Å²) in [6, 6.07) is 17.1. The fourth-order valence-electron chi connectivity index (χ4n) is 2.83. The van der Waals surface area contributed by atoms with Gasteiger partial charge in [-0.15, -0.1) is 0 Å². The summed E-state index contributed by atoms with van der Waals surface area (Å²) in [6.07, 6.45) is 0. The molecule has 2 aromatic carbocycles. The van der Waals surface area contributed by atoms with Crippen molar-refractivity contribution in [3.8, 4) is 17.0 Å². The van der Waals surface area contributed by atoms with E-state index in [0.717, 1.165) is 5.56 Å². The Hall–Kier alpha value is -3.41. The van der Waals surface area contributed by atoms with E-state index in [1.165, 1.54) is 18.7 Å². The van der Waals surface area contributed by atoms with Crippen LogP contribution in [0.2, 0.25) is 0 Å². The average molecular weight is 364 g/mol. The van der Waals surface area contributed by atoms with Gasteiger partial charge in [-0.05, 0) is 24.6 Å². The minimum Gasteiger partial charge on any atom is -0.489 e. The molecule has 0 aliphatic heterocycles. The number of carbonyl (C=O) groups excluding carboxylic acids is 2. The lowest BCUT2D eigenvalue weighted by Gasteiger charge is -2.08. The number of hydrogen-bond acceptors (Lipinski definition) is 5. The SMILES string of the molecule is COC(=O)c1c(-c2cccc(OCc3ccccc3)c2)nn(C(C)=O)c1C. The molecule has 0 saturated heterocycles. The summed E-state index contributed by atoms with van der Waals surface area (Å²) in [5.74, 6) is -0.173. The van der Waals surface area contributed by atoms with Crippen molar-refractivity contribution in [2.45, 2.75) is 20.5 Å². The second-order valence-corrected chi connectivity index (χ2v) is 6.03. The standard InChI is InChI=1S/C21H20N2O4/c1-14-19(21(25)26-3)20(22-23(14)15(2)24)17-10-7-11-18(12-17)27-13-16-8-5-4-6-9-16/h4-12H,13H2,1-3H3. The third-order valence-electron chi connectivity index (χ3n) is 4.16. The number of carbonyl (C=O) groups is 2. The monoisotopic (exact) mass is 364 g/mol. The van der Waals surface area contributed by atoms with Crippen LogP contribution in [0.4, 0.5) is 0 Å². The summed E-state index contributed by atoms with van der Waals surface area (Å²) in [5.41, 5.74) is 2.83. The number of benzene rings is 2. The van der Waals surface area contributed by atoms with Crippen LogP contribution < -0.4 is 4.74 Å². The van der Waals surface area contributed by atoms with E-state index in [2.05, 4.69) is 5.10 Å². The molecule has 0 aliphatic carbocycles. The van der Waals surface area contributed by atoms with E-state index in [-0.39, 0.29) is 11.5 Å². The highest BCUT2D eigenvalue weighted by molar-refractivity contribution is 5.98. The number of esters is 1. The Balaban J connectivity index is 1.95. The van der Waals surface area contributed by atoms with Crippen LogP contribution in [0.1, 0.15) is 33.3 Å². The van der Waals surface area contributed by atoms with Crippen LogP contribution in [0.5, 0.6) is 5.75 Å². The van der Waals surface area contributed by atoms with E-state index >= 15 is 0 Å². The third kappa shape index (κ3) is 3.89. The fraction of sp³-hybridized carbons (Fsp3) is 0.190. The van der Waals surface area contributed by atoms with Gasteiger partial charge in [-0.2, -0.15) is 5.10 Å². The van der Waals surface area contributed by atoms with Crippen molar-refractivity contribution in [3.63, 3.8) is 0 Å². The third-order valence-corrected chi connectivity index (χ3v) is 4.16. The zero-order chi connectivity index (χ0) is 19.4. The lowest BCUT2D eigenvalue weighted by Crippen LogP contribution is -2.11. The number of rotatable bonds is 5. The van der Waals surface area contributed by atoms with Gasteiger partial charge < -0.3 is 9.47 Å². The van der Waals surface area contributed by atoms with E-state index < -0.39 is 5.97 Å². The van der Waals surface area contributed by atoms with Gasteiger partial charge in [0, 0.05) is 12.5 Å². The van der Waals surface area contributed by atoms with Crippen LogP contribution in [0.25, 0.3) is 11.3 Å². The van der Waals surface area contributed by atoms with Crippen LogP contribution in [-0.4, -0.2) is 28.8 Å². The molecule has 1 heterocycles. The van der Waals surface area contributed by atoms with Crippen molar-refractivity contribution < 1.29 is 19.1 Å². The first-order chi connectivity index (χ1) is 13.0. The summed E-state index contributed by atoms with van der Waals surface area (Å²) in [6.45, 7) is 3.49. The molecule has 0 atom stereocenters. The maximum atomic E-state index is 12.2. The molecule has 3 aromatic rings. The summed E-state index contributed by atoms with van der Waals surface area (Å²) >= 11 is 0. The highest BCUT2D eigenvalue weighted by Gasteiger charge is 2.24. The Bertz CT molecular complexity index is 977. The number of methoxy groups -OCH3 is 1. The topological polar surface area (TPSA) is 70.4 Å². The zero-order valence-electron chi connectivity index (χ0n) is 15.4. The summed E-state index contributed by atoms with van der Waals surface area (Å²) in [7, 11) is 1.30. The van der Waals surface area contributed by atoms with Gasteiger partial charge in [-0.1, -0.05) is 42.5 Å². The number of hydrogen-bond donors (Lipinski definition) is 0. The fourth-order valence-corrected chi connectivity index (χ4v) is 2.83. The average Bonchev–Trinajstić information content (AvgIpc) is 3.04. The van der Waals surface area contributed by atoms with Crippen LogP contribution in [0.3, 0.4) is 0 Å². The number of nitrogens with zero attached hydrogens (tertiary/aromatic N) is 2. The molecule has 1 aromatic heterocycles. The van der Waals surface area contributed by atoms with Crippen molar-refractivity contribution in [1.82, 2.24) is 9.78 Å². The molecule has 6 heteroatoms. The Labute approximate surface area is 157 Å². The molecule has 0 saturated carbocycles. The summed E-state index contributed by atoms with van der Waals surface area (Å²) < 4.78 is 11.9. The van der Waals surface area contributed by atoms with E-state index in [1.807, 2.05) is 48.5 Å². The zero-order valence-corrected chi connectivity index (χ0v) is 15.4. The Kier molecular flexibility index (Phi) is 5.35. The van der Waals surface area contributed by atoms with Gasteiger partial charge in [0.25, 0.3) is 0 Å². The summed E-state index contributed by atoms with van der Waals surface area (Å²) in [4.78, 5) is 24.1. The second-order valence-electron chi connectivity index (χ2n) is 6.03. The van der Waals surface area contributed by atoms with Gasteiger partial charge in [-0.25, -0.2) is 9.48 Å². The molecule has 3 rings (SSSR count). The van der Waals surface area contributed by atoms with Gasteiger partial charge >= 0.3 is 5.97 Å². The molecule has 0 bridgehead atoms. The van der Waals surface area contributed by atoms with Crippen LogP contribution in [0, 0.1) is 6.92 Å². The number of ether oxygens (including phenoxy) is 2. The van der Waals surface area contributed by atoms with Gasteiger partial charge in [-0.3, -0.25) is 4.79 Å². The minimum atomic E-state index is -0.536. The van der Waals surface area contributed by atoms with Crippen molar-refractivity contribution in [3.05, 3.63) is 71.4 Å². The predicted octanol–water partition coefficient (Wildman–Crippen LogP) is 3.88. The minimum absolute atomic E-state index is 0.271. The van der Waals surface area contributed by atoms with Crippen molar-refractivity contribution >= 4 is 11.9 Å². The first kappa shape index (κ1) is 18.4. The highest BCUT2D eigenvalue weighted by Crippen LogP contribution is 2.29. The quantitative estimate of drug-likeness (QED) is 0.643. The molecular formula is C21H20N2O4. The molecule has 0 unspecified atom stereocenters. The molecule has 0 aliphatic rings. The Morgan fingerprint density at radius 2 is 1.81 bits per heavy atom. The largest absolute Gasteiger partial charge is 0.489 e. The Morgan fingerprint density at radius 1 is 1.07 bits per heavy atom. The smallest absolute Gasteiger partial charge is 0.342 e. The Morgan fingerprint density at radius 3 is 2.48 bits per heavy atom. The van der Waals surface area contributed by atoms with Crippen LogP contribution in [-0.2, 0) is 11.3 Å². The van der Waals surface area contributed by atoms with E-state index in [1.54, 1.807) is 13.0 Å². The van der Waals surface area contributed by atoms with E-state index in [4.69, 9.17) is 9.47 Å². The predicted molar refractivity (Wildman–Crippen MR) is 101 cm³/mol. The molecule has 6 nitrogen and oxygen atoms in total. The van der Waals surface area contributed by atoms with Crippen molar-refractivity contribution in [2.24, 2.45) is 0 Å².